The van der Waals surface area contributed by atoms with E-state index in [2.05, 4.69) is 4.98 Å². The molecule has 1 heterocycles. The first-order valence-corrected chi connectivity index (χ1v) is 7.46. The van der Waals surface area contributed by atoms with Gasteiger partial charge in [0, 0.05) is 10.9 Å². The first-order valence-electron chi connectivity index (χ1n) is 7.08. The highest BCUT2D eigenvalue weighted by molar-refractivity contribution is 6.32. The Hall–Kier alpha value is -2.30. The van der Waals surface area contributed by atoms with Crippen molar-refractivity contribution in [3.8, 4) is 22.8 Å². The van der Waals surface area contributed by atoms with Crippen molar-refractivity contribution >= 4 is 22.5 Å². The molecule has 0 atom stereocenters. The average Bonchev–Trinajstić information content (AvgIpc) is 2.60. The summed E-state index contributed by atoms with van der Waals surface area (Å²) in [4.78, 5) is 4.65. The fourth-order valence-electron chi connectivity index (χ4n) is 2.49. The van der Waals surface area contributed by atoms with E-state index in [1.54, 1.807) is 26.4 Å². The van der Waals surface area contributed by atoms with Gasteiger partial charge in [-0.15, -0.1) is 0 Å². The van der Waals surface area contributed by atoms with Gasteiger partial charge in [0.1, 0.15) is 11.5 Å². The number of benzene rings is 2. The molecule has 0 aliphatic heterocycles. The molecule has 1 N–H and O–H groups in total. The van der Waals surface area contributed by atoms with Gasteiger partial charge in [-0.1, -0.05) is 11.6 Å². The first-order chi connectivity index (χ1) is 11.2. The van der Waals surface area contributed by atoms with Crippen LogP contribution < -0.4 is 9.47 Å². The number of ether oxygens (including phenoxy) is 2. The summed E-state index contributed by atoms with van der Waals surface area (Å²) in [6.07, 6.45) is 0. The third kappa shape index (κ3) is 2.96. The molecular formula is C18H16ClNO3. The van der Waals surface area contributed by atoms with E-state index in [9.17, 15) is 5.11 Å². The normalized spacial score (nSPS) is 10.8. The molecule has 2 aromatic carbocycles. The molecule has 0 aliphatic carbocycles. The Labute approximate surface area is 139 Å². The molecule has 0 fully saturated rings. The number of fused-ring (bicyclic) bond motifs is 1. The van der Waals surface area contributed by atoms with E-state index < -0.39 is 0 Å². The van der Waals surface area contributed by atoms with Crippen LogP contribution in [0.25, 0.3) is 22.2 Å². The molecule has 0 unspecified atom stereocenters. The maximum absolute atomic E-state index is 9.70. The van der Waals surface area contributed by atoms with Crippen molar-refractivity contribution in [2.75, 3.05) is 14.2 Å². The Balaban J connectivity index is 2.18. The van der Waals surface area contributed by atoms with Gasteiger partial charge in [0.25, 0.3) is 0 Å². The molecule has 0 saturated carbocycles. The lowest BCUT2D eigenvalue weighted by Crippen LogP contribution is -1.94. The van der Waals surface area contributed by atoms with Crippen LogP contribution in [0.1, 0.15) is 5.56 Å². The smallest absolute Gasteiger partial charge is 0.138 e. The second kappa shape index (κ2) is 6.44. The molecule has 5 heteroatoms. The molecule has 4 nitrogen and oxygen atoms in total. The Morgan fingerprint density at radius 2 is 1.78 bits per heavy atom. The molecule has 3 rings (SSSR count). The largest absolute Gasteiger partial charge is 0.497 e. The third-order valence-corrected chi connectivity index (χ3v) is 4.02. The lowest BCUT2D eigenvalue weighted by Gasteiger charge is -2.11. The highest BCUT2D eigenvalue weighted by Crippen LogP contribution is 2.33. The third-order valence-electron chi connectivity index (χ3n) is 3.72. The summed E-state index contributed by atoms with van der Waals surface area (Å²) < 4.78 is 10.4. The van der Waals surface area contributed by atoms with E-state index >= 15 is 0 Å². The van der Waals surface area contributed by atoms with Gasteiger partial charge in [-0.25, -0.2) is 4.98 Å². The molecule has 0 aliphatic rings. The van der Waals surface area contributed by atoms with Crippen LogP contribution >= 0.6 is 11.6 Å². The first kappa shape index (κ1) is 15.6. The Morgan fingerprint density at radius 3 is 2.39 bits per heavy atom. The van der Waals surface area contributed by atoms with Crippen molar-refractivity contribution in [3.05, 3.63) is 53.1 Å². The molecular weight excluding hydrogens is 314 g/mol. The van der Waals surface area contributed by atoms with Gasteiger partial charge in [0.2, 0.25) is 0 Å². The summed E-state index contributed by atoms with van der Waals surface area (Å²) in [5.74, 6) is 1.34. The van der Waals surface area contributed by atoms with Gasteiger partial charge in [-0.05, 0) is 48.0 Å². The summed E-state index contributed by atoms with van der Waals surface area (Å²) in [6, 6.07) is 13.0. The zero-order valence-corrected chi connectivity index (χ0v) is 13.6. The van der Waals surface area contributed by atoms with Crippen molar-refractivity contribution in [2.24, 2.45) is 0 Å². The van der Waals surface area contributed by atoms with E-state index in [0.717, 1.165) is 28.0 Å². The minimum atomic E-state index is -0.0903. The van der Waals surface area contributed by atoms with Crippen LogP contribution in [0.4, 0.5) is 0 Å². The second-order valence-electron chi connectivity index (χ2n) is 5.06. The van der Waals surface area contributed by atoms with Crippen LogP contribution in [0.2, 0.25) is 5.02 Å². The van der Waals surface area contributed by atoms with E-state index in [1.807, 2.05) is 30.3 Å². The van der Waals surface area contributed by atoms with Gasteiger partial charge in [0.15, 0.2) is 0 Å². The number of halogens is 1. The summed E-state index contributed by atoms with van der Waals surface area (Å²) in [5, 5.41) is 11.0. The number of aliphatic hydroxyl groups excluding tert-OH is 1. The molecule has 1 aromatic heterocycles. The average molecular weight is 330 g/mol. The zero-order chi connectivity index (χ0) is 16.4. The standard InChI is InChI=1S/C18H16ClNO3/c1-22-13-5-3-11(4-6-13)16-7-12(10-21)14-8-18(23-2)15(19)9-17(14)20-16/h3-9,21H,10H2,1-2H3. The monoisotopic (exact) mass is 329 g/mol. The number of nitrogens with zero attached hydrogens (tertiary/aromatic N) is 1. The fraction of sp³-hybridized carbons (Fsp3) is 0.167. The number of hydrogen-bond donors (Lipinski definition) is 1. The number of aromatic nitrogens is 1. The number of methoxy groups -OCH3 is 2. The topological polar surface area (TPSA) is 51.6 Å². The van der Waals surface area contributed by atoms with Gasteiger partial charge in [-0.2, -0.15) is 0 Å². The summed E-state index contributed by atoms with van der Waals surface area (Å²) in [6.45, 7) is -0.0903. The van der Waals surface area contributed by atoms with Gasteiger partial charge in [-0.3, -0.25) is 0 Å². The van der Waals surface area contributed by atoms with Crippen LogP contribution in [-0.4, -0.2) is 24.3 Å². The summed E-state index contributed by atoms with van der Waals surface area (Å²) >= 11 is 6.19. The van der Waals surface area contributed by atoms with Crippen molar-refractivity contribution in [3.63, 3.8) is 0 Å². The van der Waals surface area contributed by atoms with E-state index in [4.69, 9.17) is 21.1 Å². The van der Waals surface area contributed by atoms with Gasteiger partial charge < -0.3 is 14.6 Å². The van der Waals surface area contributed by atoms with E-state index in [-0.39, 0.29) is 6.61 Å². The maximum atomic E-state index is 9.70. The highest BCUT2D eigenvalue weighted by atomic mass is 35.5. The molecule has 0 bridgehead atoms. The second-order valence-corrected chi connectivity index (χ2v) is 5.46. The molecule has 0 spiro atoms. The minimum absolute atomic E-state index is 0.0903. The molecule has 23 heavy (non-hydrogen) atoms. The predicted molar refractivity (Wildman–Crippen MR) is 91.2 cm³/mol. The van der Waals surface area contributed by atoms with E-state index in [0.29, 0.717) is 16.3 Å². The molecule has 118 valence electrons. The highest BCUT2D eigenvalue weighted by Gasteiger charge is 2.11. The van der Waals surface area contributed by atoms with Crippen LogP contribution in [0.5, 0.6) is 11.5 Å². The van der Waals surface area contributed by atoms with E-state index in [1.165, 1.54) is 0 Å². The quantitative estimate of drug-likeness (QED) is 0.784. The van der Waals surface area contributed by atoms with Crippen LogP contribution in [0.15, 0.2) is 42.5 Å². The van der Waals surface area contributed by atoms with Crippen LogP contribution in [0, 0.1) is 0 Å². The summed E-state index contributed by atoms with van der Waals surface area (Å²) in [7, 11) is 3.19. The number of pyridine rings is 1. The number of hydrogen-bond acceptors (Lipinski definition) is 4. The van der Waals surface area contributed by atoms with Crippen molar-refractivity contribution < 1.29 is 14.6 Å². The van der Waals surface area contributed by atoms with Gasteiger partial charge >= 0.3 is 0 Å². The molecule has 0 saturated heterocycles. The predicted octanol–water partition coefficient (Wildman–Crippen LogP) is 4.06. The van der Waals surface area contributed by atoms with Crippen LogP contribution in [0.3, 0.4) is 0 Å². The SMILES string of the molecule is COc1ccc(-c2cc(CO)c3cc(OC)c(Cl)cc3n2)cc1. The Bertz CT molecular complexity index is 847. The fourth-order valence-corrected chi connectivity index (χ4v) is 2.73. The van der Waals surface area contributed by atoms with Crippen molar-refractivity contribution in [2.45, 2.75) is 6.61 Å². The molecule has 0 radical (unpaired) electrons. The van der Waals surface area contributed by atoms with Crippen molar-refractivity contribution in [1.29, 1.82) is 0 Å². The lowest BCUT2D eigenvalue weighted by molar-refractivity contribution is 0.283. The number of rotatable bonds is 4. The summed E-state index contributed by atoms with van der Waals surface area (Å²) in [5.41, 5.74) is 3.20. The Morgan fingerprint density at radius 1 is 1.04 bits per heavy atom. The van der Waals surface area contributed by atoms with Gasteiger partial charge in [0.05, 0.1) is 37.1 Å². The Kier molecular flexibility index (Phi) is 4.37. The molecule has 3 aromatic rings. The lowest BCUT2D eigenvalue weighted by atomic mass is 10.0. The minimum Gasteiger partial charge on any atom is -0.497 e. The maximum Gasteiger partial charge on any atom is 0.138 e. The molecule has 0 amide bonds. The van der Waals surface area contributed by atoms with Crippen LogP contribution in [-0.2, 0) is 6.61 Å². The van der Waals surface area contributed by atoms with Crippen molar-refractivity contribution in [1.82, 2.24) is 4.98 Å². The zero-order valence-electron chi connectivity index (χ0n) is 12.8. The number of aliphatic hydroxyl groups is 1.